The predicted octanol–water partition coefficient (Wildman–Crippen LogP) is 4.51. The van der Waals surface area contributed by atoms with Crippen molar-refractivity contribution in [1.82, 2.24) is 9.97 Å². The van der Waals surface area contributed by atoms with E-state index in [0.717, 1.165) is 32.8 Å². The molecule has 2 nitrogen and oxygen atoms in total. The lowest BCUT2D eigenvalue weighted by Gasteiger charge is -2.56. The maximum Gasteiger partial charge on any atom is 0.146 e. The van der Waals surface area contributed by atoms with Gasteiger partial charge >= 0.3 is 0 Å². The lowest BCUT2D eigenvalue weighted by Crippen LogP contribution is -2.49. The van der Waals surface area contributed by atoms with E-state index in [4.69, 9.17) is 16.6 Å². The van der Waals surface area contributed by atoms with Gasteiger partial charge in [-0.1, -0.05) is 11.6 Å². The number of nitrogens with zero attached hydrogens (tertiary/aromatic N) is 2. The van der Waals surface area contributed by atoms with Gasteiger partial charge in [-0.2, -0.15) is 0 Å². The van der Waals surface area contributed by atoms with Crippen LogP contribution < -0.4 is 0 Å². The molecule has 5 rings (SSSR count). The van der Waals surface area contributed by atoms with E-state index in [1.165, 1.54) is 38.5 Å². The van der Waals surface area contributed by atoms with E-state index < -0.39 is 0 Å². The van der Waals surface area contributed by atoms with Gasteiger partial charge in [-0.05, 0) is 85.8 Å². The van der Waals surface area contributed by atoms with E-state index in [9.17, 15) is 0 Å². The number of rotatable bonds is 1. The van der Waals surface area contributed by atoms with Crippen molar-refractivity contribution >= 4 is 34.2 Å². The first-order valence-corrected chi connectivity index (χ1v) is 8.71. The first-order valence-electron chi connectivity index (χ1n) is 7.26. The number of halogens is 2. The molecule has 1 heterocycles. The van der Waals surface area contributed by atoms with Crippen molar-refractivity contribution in [2.45, 2.75) is 50.9 Å². The zero-order valence-corrected chi connectivity index (χ0v) is 14.0. The fraction of sp³-hybridized carbons (Fsp3) is 0.733. The summed E-state index contributed by atoms with van der Waals surface area (Å²) in [5.41, 5.74) is 1.30. The number of hydrogen-bond donors (Lipinski definition) is 0. The molecule has 0 aromatic carbocycles. The van der Waals surface area contributed by atoms with Crippen molar-refractivity contribution in [3.63, 3.8) is 0 Å². The molecule has 1 aromatic rings. The van der Waals surface area contributed by atoms with E-state index in [0.29, 0.717) is 5.15 Å². The van der Waals surface area contributed by atoms with Crippen LogP contribution in [-0.2, 0) is 5.41 Å². The molecule has 4 bridgehead atoms. The Balaban J connectivity index is 1.79. The molecule has 102 valence electrons. The molecule has 0 spiro atoms. The van der Waals surface area contributed by atoms with Crippen LogP contribution in [0.2, 0.25) is 5.15 Å². The third kappa shape index (κ3) is 1.95. The molecule has 0 saturated heterocycles. The van der Waals surface area contributed by atoms with Gasteiger partial charge in [-0.3, -0.25) is 0 Å². The van der Waals surface area contributed by atoms with Crippen LogP contribution in [-0.4, -0.2) is 9.97 Å². The van der Waals surface area contributed by atoms with Crippen LogP contribution in [0.25, 0.3) is 0 Å². The molecule has 4 aliphatic carbocycles. The van der Waals surface area contributed by atoms with E-state index >= 15 is 0 Å². The highest BCUT2D eigenvalue weighted by Crippen LogP contribution is 2.60. The summed E-state index contributed by atoms with van der Waals surface area (Å²) in [6.45, 7) is 2.05. The summed E-state index contributed by atoms with van der Waals surface area (Å²) in [4.78, 5) is 9.49. The third-order valence-electron chi connectivity index (χ3n) is 5.49. The van der Waals surface area contributed by atoms with Crippen LogP contribution in [0.3, 0.4) is 0 Å². The number of hydrogen-bond acceptors (Lipinski definition) is 2. The van der Waals surface area contributed by atoms with Crippen molar-refractivity contribution in [3.05, 3.63) is 20.2 Å². The summed E-state index contributed by atoms with van der Waals surface area (Å²) in [5.74, 6) is 3.82. The molecule has 0 N–H and O–H groups in total. The Morgan fingerprint density at radius 2 is 1.58 bits per heavy atom. The van der Waals surface area contributed by atoms with Crippen LogP contribution in [0.1, 0.15) is 50.0 Å². The molecule has 1 aromatic heterocycles. The number of aromatic nitrogens is 2. The lowest BCUT2D eigenvalue weighted by molar-refractivity contribution is -0.00948. The van der Waals surface area contributed by atoms with Crippen molar-refractivity contribution in [2.24, 2.45) is 17.8 Å². The van der Waals surface area contributed by atoms with E-state index in [-0.39, 0.29) is 5.41 Å². The Kier molecular flexibility index (Phi) is 2.90. The monoisotopic (exact) mass is 388 g/mol. The molecular weight excluding hydrogens is 371 g/mol. The fourth-order valence-electron chi connectivity index (χ4n) is 5.15. The summed E-state index contributed by atoms with van der Waals surface area (Å²) in [6.07, 6.45) is 8.27. The molecule has 0 aliphatic heterocycles. The molecule has 4 aliphatic rings. The van der Waals surface area contributed by atoms with E-state index in [1.807, 2.05) is 0 Å². The second-order valence-electron chi connectivity index (χ2n) is 6.94. The normalized spacial score (nSPS) is 39.8. The summed E-state index contributed by atoms with van der Waals surface area (Å²) in [7, 11) is 0. The van der Waals surface area contributed by atoms with Gasteiger partial charge in [0.1, 0.15) is 11.0 Å². The van der Waals surface area contributed by atoms with Crippen LogP contribution in [0, 0.1) is 28.2 Å². The molecule has 19 heavy (non-hydrogen) atoms. The van der Waals surface area contributed by atoms with E-state index in [2.05, 4.69) is 34.5 Å². The lowest BCUT2D eigenvalue weighted by atomic mass is 9.49. The van der Waals surface area contributed by atoms with Gasteiger partial charge < -0.3 is 0 Å². The summed E-state index contributed by atoms with van der Waals surface area (Å²) in [5, 5.41) is 0.652. The standard InChI is InChI=1S/C15H18ClIN2/c1-8-12(17)13(16)19-14(18-8)15-5-9-2-10(6-15)4-11(3-9)7-15/h9-11H,2-7H2,1H3. The first-order chi connectivity index (χ1) is 9.06. The van der Waals surface area contributed by atoms with Gasteiger partial charge in [0.05, 0.1) is 9.26 Å². The van der Waals surface area contributed by atoms with Gasteiger partial charge in [0.25, 0.3) is 0 Å². The highest BCUT2D eigenvalue weighted by Gasteiger charge is 2.53. The molecule has 4 fully saturated rings. The summed E-state index contributed by atoms with van der Waals surface area (Å²) < 4.78 is 1.01. The minimum atomic E-state index is 0.257. The minimum Gasteiger partial charge on any atom is -0.236 e. The van der Waals surface area contributed by atoms with Gasteiger partial charge in [0.2, 0.25) is 0 Å². The maximum atomic E-state index is 6.30. The third-order valence-corrected chi connectivity index (χ3v) is 7.37. The fourth-order valence-corrected chi connectivity index (χ4v) is 5.60. The van der Waals surface area contributed by atoms with Crippen molar-refractivity contribution in [3.8, 4) is 0 Å². The smallest absolute Gasteiger partial charge is 0.146 e. The highest BCUT2D eigenvalue weighted by molar-refractivity contribution is 14.1. The second kappa shape index (κ2) is 4.30. The van der Waals surface area contributed by atoms with Gasteiger partial charge in [0, 0.05) is 5.41 Å². The minimum absolute atomic E-state index is 0.257. The Hall–Kier alpha value is 0.100. The molecule has 0 radical (unpaired) electrons. The summed E-state index contributed by atoms with van der Waals surface area (Å²) >= 11 is 8.55. The molecule has 0 unspecified atom stereocenters. The zero-order chi connectivity index (χ0) is 13.2. The average Bonchev–Trinajstić information content (AvgIpc) is 2.33. The Morgan fingerprint density at radius 3 is 2.05 bits per heavy atom. The Bertz CT molecular complexity index is 485. The Morgan fingerprint density at radius 1 is 1.05 bits per heavy atom. The summed E-state index contributed by atoms with van der Waals surface area (Å²) in [6, 6.07) is 0. The van der Waals surface area contributed by atoms with Gasteiger partial charge in [-0.25, -0.2) is 9.97 Å². The SMILES string of the molecule is Cc1nc(C23CC4CC(CC(C4)C2)C3)nc(Cl)c1I. The zero-order valence-electron chi connectivity index (χ0n) is 11.1. The molecule has 4 heteroatoms. The van der Waals surface area contributed by atoms with Gasteiger partial charge in [-0.15, -0.1) is 0 Å². The molecule has 0 atom stereocenters. The highest BCUT2D eigenvalue weighted by atomic mass is 127. The predicted molar refractivity (Wildman–Crippen MR) is 84.3 cm³/mol. The average molecular weight is 389 g/mol. The number of aryl methyl sites for hydroxylation is 1. The van der Waals surface area contributed by atoms with Crippen LogP contribution >= 0.6 is 34.2 Å². The van der Waals surface area contributed by atoms with Crippen molar-refractivity contribution in [1.29, 1.82) is 0 Å². The van der Waals surface area contributed by atoms with Crippen molar-refractivity contribution < 1.29 is 0 Å². The van der Waals surface area contributed by atoms with Crippen LogP contribution in [0.4, 0.5) is 0 Å². The second-order valence-corrected chi connectivity index (χ2v) is 8.37. The Labute approximate surface area is 132 Å². The first kappa shape index (κ1) is 12.8. The van der Waals surface area contributed by atoms with Crippen LogP contribution in [0.15, 0.2) is 0 Å². The molecule has 4 saturated carbocycles. The van der Waals surface area contributed by atoms with Crippen molar-refractivity contribution in [2.75, 3.05) is 0 Å². The largest absolute Gasteiger partial charge is 0.236 e. The van der Waals surface area contributed by atoms with E-state index in [1.54, 1.807) is 0 Å². The molecule has 0 amide bonds. The maximum absolute atomic E-state index is 6.30. The quantitative estimate of drug-likeness (QED) is 0.522. The van der Waals surface area contributed by atoms with Gasteiger partial charge in [0.15, 0.2) is 0 Å². The topological polar surface area (TPSA) is 25.8 Å². The van der Waals surface area contributed by atoms with Crippen LogP contribution in [0.5, 0.6) is 0 Å². The molecular formula is C15H18ClIN2.